The number of hydrogen-bond donors (Lipinski definition) is 1. The van der Waals surface area contributed by atoms with Crippen LogP contribution < -0.4 is 10.2 Å². The molecule has 1 aromatic heterocycles. The Kier molecular flexibility index (Phi) is 5.47. The van der Waals surface area contributed by atoms with Gasteiger partial charge in [0.2, 0.25) is 5.91 Å². The lowest BCUT2D eigenvalue weighted by Gasteiger charge is -2.19. The van der Waals surface area contributed by atoms with Crippen LogP contribution in [0, 0.1) is 10.1 Å². The number of aromatic nitrogens is 1. The van der Waals surface area contributed by atoms with Crippen LogP contribution in [0.4, 0.5) is 11.5 Å². The highest BCUT2D eigenvalue weighted by molar-refractivity contribution is 5.81. The molecule has 24 heavy (non-hydrogen) atoms. The molecule has 2 aromatic rings. The molecule has 1 amide bonds. The number of carbonyl (C=O) groups is 1. The molecule has 0 spiro atoms. The highest BCUT2D eigenvalue weighted by atomic mass is 16.6. The van der Waals surface area contributed by atoms with Crippen LogP contribution in [-0.2, 0) is 4.79 Å². The van der Waals surface area contributed by atoms with E-state index in [4.69, 9.17) is 0 Å². The Morgan fingerprint density at radius 1 is 1.25 bits per heavy atom. The van der Waals surface area contributed by atoms with Crippen molar-refractivity contribution in [2.75, 3.05) is 18.5 Å². The Morgan fingerprint density at radius 2 is 1.92 bits per heavy atom. The van der Waals surface area contributed by atoms with Gasteiger partial charge in [-0.2, -0.15) is 0 Å². The van der Waals surface area contributed by atoms with E-state index in [-0.39, 0.29) is 29.9 Å². The third-order valence-electron chi connectivity index (χ3n) is 3.32. The first-order valence-corrected chi connectivity index (χ1v) is 7.60. The van der Waals surface area contributed by atoms with Gasteiger partial charge in [0.1, 0.15) is 5.82 Å². The fourth-order valence-corrected chi connectivity index (χ4v) is 2.27. The molecule has 0 atom stereocenters. The maximum Gasteiger partial charge on any atom is 0.295 e. The third-order valence-corrected chi connectivity index (χ3v) is 3.32. The molecule has 0 saturated heterocycles. The first-order valence-electron chi connectivity index (χ1n) is 7.60. The van der Waals surface area contributed by atoms with Gasteiger partial charge in [-0.1, -0.05) is 30.3 Å². The minimum Gasteiger partial charge on any atom is -0.352 e. The summed E-state index contributed by atoms with van der Waals surface area (Å²) in [6, 6.07) is 12.0. The van der Waals surface area contributed by atoms with Gasteiger partial charge in [-0.3, -0.25) is 14.9 Å². The van der Waals surface area contributed by atoms with E-state index in [1.54, 1.807) is 42.3 Å². The molecule has 0 fully saturated rings. The number of benzene rings is 1. The Balaban J connectivity index is 2.33. The van der Waals surface area contributed by atoms with E-state index in [2.05, 4.69) is 10.3 Å². The fourth-order valence-electron chi connectivity index (χ4n) is 2.27. The van der Waals surface area contributed by atoms with E-state index in [0.717, 1.165) is 0 Å². The number of anilines is 1. The summed E-state index contributed by atoms with van der Waals surface area (Å²) in [6.45, 7) is 3.89. The van der Waals surface area contributed by atoms with Gasteiger partial charge in [0.05, 0.1) is 11.5 Å². The lowest BCUT2D eigenvalue weighted by Crippen LogP contribution is -2.38. The average Bonchev–Trinajstić information content (AvgIpc) is 2.54. The molecule has 0 bridgehead atoms. The Morgan fingerprint density at radius 3 is 2.50 bits per heavy atom. The summed E-state index contributed by atoms with van der Waals surface area (Å²) in [6.07, 6.45) is 0. The van der Waals surface area contributed by atoms with Crippen molar-refractivity contribution in [1.29, 1.82) is 0 Å². The number of rotatable bonds is 6. The first kappa shape index (κ1) is 17.4. The summed E-state index contributed by atoms with van der Waals surface area (Å²) in [5, 5.41) is 14.1. The van der Waals surface area contributed by atoms with Crippen molar-refractivity contribution in [2.45, 2.75) is 19.9 Å². The molecule has 0 aliphatic rings. The Bertz CT molecular complexity index is 732. The van der Waals surface area contributed by atoms with E-state index in [9.17, 15) is 14.9 Å². The molecule has 126 valence electrons. The lowest BCUT2D eigenvalue weighted by molar-refractivity contribution is -0.384. The molecule has 0 unspecified atom stereocenters. The van der Waals surface area contributed by atoms with Gasteiger partial charge in [-0.25, -0.2) is 4.98 Å². The van der Waals surface area contributed by atoms with Crippen molar-refractivity contribution in [3.8, 4) is 11.3 Å². The number of hydrogen-bond acceptors (Lipinski definition) is 5. The second-order valence-electron chi connectivity index (χ2n) is 5.74. The zero-order valence-electron chi connectivity index (χ0n) is 13.9. The summed E-state index contributed by atoms with van der Waals surface area (Å²) < 4.78 is 0. The molecule has 0 aliphatic carbocycles. The summed E-state index contributed by atoms with van der Waals surface area (Å²) >= 11 is 0. The second kappa shape index (κ2) is 7.54. The van der Waals surface area contributed by atoms with Gasteiger partial charge in [-0.05, 0) is 19.9 Å². The van der Waals surface area contributed by atoms with E-state index >= 15 is 0 Å². The number of carbonyl (C=O) groups excluding carboxylic acids is 1. The maximum absolute atomic E-state index is 11.9. The zero-order chi connectivity index (χ0) is 17.7. The van der Waals surface area contributed by atoms with Crippen LogP contribution in [-0.4, -0.2) is 35.4 Å². The van der Waals surface area contributed by atoms with Crippen LogP contribution in [0.15, 0.2) is 42.5 Å². The molecule has 1 heterocycles. The van der Waals surface area contributed by atoms with Crippen molar-refractivity contribution in [1.82, 2.24) is 10.3 Å². The summed E-state index contributed by atoms with van der Waals surface area (Å²) in [5.41, 5.74) is 0.880. The van der Waals surface area contributed by atoms with E-state index in [0.29, 0.717) is 11.4 Å². The van der Waals surface area contributed by atoms with Gasteiger partial charge in [-0.15, -0.1) is 0 Å². The number of amides is 1. The standard InChI is InChI=1S/C17H20N4O3/c1-12(2)18-16(22)11-20(3)15-10-9-14(21(23)24)17(19-15)13-7-5-4-6-8-13/h4-10,12H,11H2,1-3H3,(H,18,22). The largest absolute Gasteiger partial charge is 0.352 e. The molecule has 0 aliphatic heterocycles. The Hall–Kier alpha value is -2.96. The molecular formula is C17H20N4O3. The quantitative estimate of drug-likeness (QED) is 0.650. The normalized spacial score (nSPS) is 10.5. The van der Waals surface area contributed by atoms with Crippen LogP contribution >= 0.6 is 0 Å². The monoisotopic (exact) mass is 328 g/mol. The van der Waals surface area contributed by atoms with Gasteiger partial charge >= 0.3 is 0 Å². The van der Waals surface area contributed by atoms with Crippen LogP contribution in [0.3, 0.4) is 0 Å². The van der Waals surface area contributed by atoms with Gasteiger partial charge in [0.25, 0.3) is 5.69 Å². The molecule has 1 aromatic carbocycles. The molecule has 0 saturated carbocycles. The van der Waals surface area contributed by atoms with Crippen molar-refractivity contribution in [3.63, 3.8) is 0 Å². The number of nitrogens with zero attached hydrogens (tertiary/aromatic N) is 3. The molecule has 2 rings (SSSR count). The van der Waals surface area contributed by atoms with Crippen molar-refractivity contribution >= 4 is 17.4 Å². The predicted molar refractivity (Wildman–Crippen MR) is 92.9 cm³/mol. The number of pyridine rings is 1. The SMILES string of the molecule is CC(C)NC(=O)CN(C)c1ccc([N+](=O)[O-])c(-c2ccccc2)n1. The minimum absolute atomic E-state index is 0.0515. The van der Waals surface area contributed by atoms with Crippen LogP contribution in [0.5, 0.6) is 0 Å². The van der Waals surface area contributed by atoms with Crippen LogP contribution in [0.2, 0.25) is 0 Å². The molecule has 7 nitrogen and oxygen atoms in total. The summed E-state index contributed by atoms with van der Waals surface area (Å²) in [4.78, 5) is 28.7. The second-order valence-corrected chi connectivity index (χ2v) is 5.74. The van der Waals surface area contributed by atoms with Gasteiger partial charge in [0.15, 0.2) is 5.69 Å². The predicted octanol–water partition coefficient (Wildman–Crippen LogP) is 2.62. The average molecular weight is 328 g/mol. The summed E-state index contributed by atoms with van der Waals surface area (Å²) in [7, 11) is 1.73. The maximum atomic E-state index is 11.9. The molecular weight excluding hydrogens is 308 g/mol. The topological polar surface area (TPSA) is 88.4 Å². The fraction of sp³-hybridized carbons (Fsp3) is 0.294. The van der Waals surface area contributed by atoms with E-state index in [1.807, 2.05) is 19.9 Å². The van der Waals surface area contributed by atoms with Crippen LogP contribution in [0.1, 0.15) is 13.8 Å². The highest BCUT2D eigenvalue weighted by Gasteiger charge is 2.19. The Labute approximate surface area is 140 Å². The molecule has 0 radical (unpaired) electrons. The number of nitrogens with one attached hydrogen (secondary N) is 1. The third kappa shape index (κ3) is 4.28. The van der Waals surface area contributed by atoms with Crippen molar-refractivity contribution in [3.05, 3.63) is 52.6 Å². The molecule has 7 heteroatoms. The smallest absolute Gasteiger partial charge is 0.295 e. The van der Waals surface area contributed by atoms with E-state index < -0.39 is 4.92 Å². The molecule has 1 N–H and O–H groups in total. The minimum atomic E-state index is -0.454. The van der Waals surface area contributed by atoms with Gasteiger partial charge in [0, 0.05) is 24.7 Å². The number of nitro groups is 1. The highest BCUT2D eigenvalue weighted by Crippen LogP contribution is 2.29. The van der Waals surface area contributed by atoms with Crippen molar-refractivity contribution in [2.24, 2.45) is 0 Å². The first-order chi connectivity index (χ1) is 11.4. The van der Waals surface area contributed by atoms with Crippen LogP contribution in [0.25, 0.3) is 11.3 Å². The number of likely N-dealkylation sites (N-methyl/N-ethyl adjacent to an activating group) is 1. The lowest BCUT2D eigenvalue weighted by atomic mass is 10.1. The van der Waals surface area contributed by atoms with E-state index in [1.165, 1.54) is 6.07 Å². The van der Waals surface area contributed by atoms with Crippen molar-refractivity contribution < 1.29 is 9.72 Å². The van der Waals surface area contributed by atoms with Gasteiger partial charge < -0.3 is 10.2 Å². The zero-order valence-corrected chi connectivity index (χ0v) is 13.9. The summed E-state index contributed by atoms with van der Waals surface area (Å²) in [5.74, 6) is 0.368.